The fraction of sp³-hybridized carbons (Fsp3) is 0.500. The molecule has 0 unspecified atom stereocenters. The SMILES string of the molecule is COC(=O)[C@H](Cc1ccc(-c2c(OC)cc(COCCOCCOCCOCCO[Si](C)(C)C(C)(C)C)cc2OC)cc1)NC(=O)c1c(F)cccc1F. The fourth-order valence-corrected chi connectivity index (χ4v) is 6.11. The van der Waals surface area contributed by atoms with Crippen LogP contribution in [0.1, 0.15) is 42.3 Å². The van der Waals surface area contributed by atoms with Crippen LogP contribution >= 0.6 is 0 Å². The molecule has 14 heteroatoms. The summed E-state index contributed by atoms with van der Waals surface area (Å²) < 4.78 is 73.4. The van der Waals surface area contributed by atoms with Gasteiger partial charge in [-0.05, 0) is 59.1 Å². The Kier molecular flexibility index (Phi) is 18.0. The third kappa shape index (κ3) is 13.4. The molecule has 0 fully saturated rings. The summed E-state index contributed by atoms with van der Waals surface area (Å²) in [5.74, 6) is -2.78. The van der Waals surface area contributed by atoms with Gasteiger partial charge in [-0.3, -0.25) is 4.79 Å². The molecule has 0 aliphatic rings. The van der Waals surface area contributed by atoms with Crippen LogP contribution in [0, 0.1) is 11.6 Å². The minimum Gasteiger partial charge on any atom is -0.496 e. The Bertz CT molecular complexity index is 1590. The summed E-state index contributed by atoms with van der Waals surface area (Å²) in [6.07, 6.45) is 0.0131. The zero-order valence-corrected chi connectivity index (χ0v) is 33.7. The van der Waals surface area contributed by atoms with Crippen LogP contribution in [0.15, 0.2) is 54.6 Å². The molecule has 0 aliphatic heterocycles. The molecule has 0 radical (unpaired) electrons. The van der Waals surface area contributed by atoms with Crippen molar-refractivity contribution in [3.63, 3.8) is 0 Å². The number of hydrogen-bond acceptors (Lipinski definition) is 10. The number of carbonyl (C=O) groups is 2. The van der Waals surface area contributed by atoms with Crippen LogP contribution < -0.4 is 14.8 Å². The van der Waals surface area contributed by atoms with E-state index in [1.165, 1.54) is 7.11 Å². The normalized spacial score (nSPS) is 12.3. The molecule has 11 nitrogen and oxygen atoms in total. The van der Waals surface area contributed by atoms with Crippen molar-refractivity contribution in [1.82, 2.24) is 5.32 Å². The number of amides is 1. The molecule has 0 spiro atoms. The highest BCUT2D eigenvalue weighted by Crippen LogP contribution is 2.40. The molecule has 0 aliphatic carbocycles. The van der Waals surface area contributed by atoms with Crippen molar-refractivity contribution in [1.29, 1.82) is 0 Å². The highest BCUT2D eigenvalue weighted by molar-refractivity contribution is 6.74. The number of esters is 1. The molecule has 0 bridgehead atoms. The van der Waals surface area contributed by atoms with E-state index in [0.29, 0.717) is 82.1 Å². The quantitative estimate of drug-likeness (QED) is 0.0630. The first-order valence-corrected chi connectivity index (χ1v) is 20.7. The minimum absolute atomic E-state index is 0.0131. The van der Waals surface area contributed by atoms with E-state index in [0.717, 1.165) is 29.3 Å². The molecule has 1 atom stereocenters. The Morgan fingerprint density at radius 2 is 1.22 bits per heavy atom. The zero-order chi connectivity index (χ0) is 39.7. The molecule has 1 amide bonds. The van der Waals surface area contributed by atoms with Gasteiger partial charge in [-0.1, -0.05) is 51.1 Å². The first-order chi connectivity index (χ1) is 25.7. The van der Waals surface area contributed by atoms with Gasteiger partial charge in [0, 0.05) is 6.42 Å². The van der Waals surface area contributed by atoms with Gasteiger partial charge in [-0.15, -0.1) is 0 Å². The number of hydrogen-bond donors (Lipinski definition) is 1. The summed E-state index contributed by atoms with van der Waals surface area (Å²) in [6, 6.07) is 12.8. The minimum atomic E-state index is -1.75. The fourth-order valence-electron chi connectivity index (χ4n) is 5.08. The van der Waals surface area contributed by atoms with E-state index in [1.807, 2.05) is 24.3 Å². The molecular formula is C40H55F2NO10Si. The third-order valence-corrected chi connectivity index (χ3v) is 13.6. The summed E-state index contributed by atoms with van der Waals surface area (Å²) in [5, 5.41) is 2.57. The average Bonchev–Trinajstić information content (AvgIpc) is 3.13. The van der Waals surface area contributed by atoms with Crippen LogP contribution in [0.25, 0.3) is 11.1 Å². The Labute approximate surface area is 318 Å². The molecule has 3 aromatic rings. The summed E-state index contributed by atoms with van der Waals surface area (Å²) in [5.41, 5.74) is 2.19. The van der Waals surface area contributed by atoms with Crippen molar-refractivity contribution in [3.05, 3.63) is 82.9 Å². The van der Waals surface area contributed by atoms with Crippen LogP contribution in [0.5, 0.6) is 11.5 Å². The van der Waals surface area contributed by atoms with Crippen molar-refractivity contribution in [3.8, 4) is 22.6 Å². The van der Waals surface area contributed by atoms with Crippen LogP contribution in [-0.2, 0) is 45.9 Å². The maximum atomic E-state index is 14.2. The molecule has 0 saturated heterocycles. The van der Waals surface area contributed by atoms with E-state index in [2.05, 4.69) is 39.2 Å². The topological polar surface area (TPSA) is 120 Å². The van der Waals surface area contributed by atoms with E-state index in [9.17, 15) is 18.4 Å². The van der Waals surface area contributed by atoms with E-state index in [1.54, 1.807) is 26.4 Å². The lowest BCUT2D eigenvalue weighted by molar-refractivity contribution is -0.142. The number of benzene rings is 3. The van der Waals surface area contributed by atoms with Crippen molar-refractivity contribution in [2.24, 2.45) is 0 Å². The van der Waals surface area contributed by atoms with E-state index in [4.69, 9.17) is 37.6 Å². The number of rotatable bonds is 23. The van der Waals surface area contributed by atoms with Crippen LogP contribution in [0.4, 0.5) is 8.78 Å². The lowest BCUT2D eigenvalue weighted by atomic mass is 9.98. The third-order valence-electron chi connectivity index (χ3n) is 9.11. The molecule has 3 aromatic carbocycles. The second-order valence-electron chi connectivity index (χ2n) is 13.9. The molecule has 1 N–H and O–H groups in total. The number of methoxy groups -OCH3 is 3. The average molecular weight is 776 g/mol. The largest absolute Gasteiger partial charge is 0.496 e. The molecule has 3 rings (SSSR count). The van der Waals surface area contributed by atoms with Crippen LogP contribution in [0.2, 0.25) is 18.1 Å². The monoisotopic (exact) mass is 775 g/mol. The first-order valence-electron chi connectivity index (χ1n) is 17.8. The molecule has 54 heavy (non-hydrogen) atoms. The predicted octanol–water partition coefficient (Wildman–Crippen LogP) is 6.75. The maximum absolute atomic E-state index is 14.2. The van der Waals surface area contributed by atoms with Crippen molar-refractivity contribution < 1.29 is 56.0 Å². The van der Waals surface area contributed by atoms with Crippen LogP contribution in [0.3, 0.4) is 0 Å². The maximum Gasteiger partial charge on any atom is 0.328 e. The second kappa shape index (κ2) is 21.8. The second-order valence-corrected chi connectivity index (χ2v) is 18.7. The predicted molar refractivity (Wildman–Crippen MR) is 204 cm³/mol. The summed E-state index contributed by atoms with van der Waals surface area (Å²) >= 11 is 0. The molecular weight excluding hydrogens is 721 g/mol. The van der Waals surface area contributed by atoms with E-state index in [-0.39, 0.29) is 11.5 Å². The summed E-state index contributed by atoms with van der Waals surface area (Å²) in [4.78, 5) is 25.2. The number of carbonyl (C=O) groups excluding carboxylic acids is 2. The number of halogens is 2. The van der Waals surface area contributed by atoms with Crippen molar-refractivity contribution >= 4 is 20.2 Å². The van der Waals surface area contributed by atoms with Crippen molar-refractivity contribution in [2.75, 3.05) is 74.2 Å². The van der Waals surface area contributed by atoms with Gasteiger partial charge in [-0.2, -0.15) is 0 Å². The lowest BCUT2D eigenvalue weighted by Gasteiger charge is -2.36. The van der Waals surface area contributed by atoms with Gasteiger partial charge in [-0.25, -0.2) is 13.6 Å². The smallest absolute Gasteiger partial charge is 0.328 e. The van der Waals surface area contributed by atoms with Gasteiger partial charge in [0.1, 0.15) is 34.7 Å². The van der Waals surface area contributed by atoms with Crippen molar-refractivity contribution in [2.45, 2.75) is 58.0 Å². The highest BCUT2D eigenvalue weighted by atomic mass is 28.4. The first kappa shape index (κ1) is 44.5. The van der Waals surface area contributed by atoms with Gasteiger partial charge < -0.3 is 42.9 Å². The van der Waals surface area contributed by atoms with Gasteiger partial charge in [0.2, 0.25) is 0 Å². The van der Waals surface area contributed by atoms with E-state index >= 15 is 0 Å². The van der Waals surface area contributed by atoms with Gasteiger partial charge in [0.05, 0.1) is 86.4 Å². The number of ether oxygens (including phenoxy) is 7. The van der Waals surface area contributed by atoms with Gasteiger partial charge in [0.15, 0.2) is 8.32 Å². The molecule has 298 valence electrons. The van der Waals surface area contributed by atoms with Crippen LogP contribution in [-0.4, -0.2) is 100 Å². The van der Waals surface area contributed by atoms with E-state index < -0.39 is 43.4 Å². The Balaban J connectivity index is 1.45. The van der Waals surface area contributed by atoms with Gasteiger partial charge >= 0.3 is 5.97 Å². The molecule has 0 aromatic heterocycles. The summed E-state index contributed by atoms with van der Waals surface area (Å²) in [6.45, 7) is 15.2. The molecule has 0 saturated carbocycles. The van der Waals surface area contributed by atoms with Gasteiger partial charge in [0.25, 0.3) is 5.91 Å². The Hall–Kier alpha value is -3.92. The Morgan fingerprint density at radius 1 is 0.722 bits per heavy atom. The summed E-state index contributed by atoms with van der Waals surface area (Å²) in [7, 11) is 2.54. The zero-order valence-electron chi connectivity index (χ0n) is 32.7. The highest BCUT2D eigenvalue weighted by Gasteiger charge is 2.36. The molecule has 0 heterocycles. The standard InChI is InChI=1S/C40H55F2NO10Si/c1-40(2,3)54(7,8)53-23-22-51-19-18-49-16-17-50-20-21-52-27-29-25-34(46-4)36(35(26-29)47-5)30-14-12-28(13-15-30)24-33(39(45)48-6)43-38(44)37-31(41)10-9-11-32(37)42/h9-15,25-26,33H,16-24,27H2,1-8H3,(H,43,44)/t33-/m0/s1. The Morgan fingerprint density at radius 3 is 1.70 bits per heavy atom. The number of nitrogens with one attached hydrogen (secondary N) is 1. The lowest BCUT2D eigenvalue weighted by Crippen LogP contribution is -2.43.